The molecule has 2 aromatic rings. The number of hydrogen-bond acceptors (Lipinski definition) is 5. The third-order valence-electron chi connectivity index (χ3n) is 2.97. The Morgan fingerprint density at radius 1 is 0.958 bits per heavy atom. The SMILES string of the molecule is O=C(COc1ccc([N+](=O)[O-])cc1)NNC(=O)Cc1ccccc1. The van der Waals surface area contributed by atoms with Crippen molar-refractivity contribution in [2.24, 2.45) is 0 Å². The summed E-state index contributed by atoms with van der Waals surface area (Å²) in [6, 6.07) is 14.4. The molecule has 0 heterocycles. The molecule has 124 valence electrons. The molecule has 2 aromatic carbocycles. The van der Waals surface area contributed by atoms with E-state index in [4.69, 9.17) is 4.74 Å². The highest BCUT2D eigenvalue weighted by Gasteiger charge is 2.08. The molecule has 0 atom stereocenters. The second kappa shape index (κ2) is 8.28. The van der Waals surface area contributed by atoms with Gasteiger partial charge in [-0.05, 0) is 17.7 Å². The van der Waals surface area contributed by atoms with Gasteiger partial charge in [-0.25, -0.2) is 0 Å². The Hall–Kier alpha value is -3.42. The van der Waals surface area contributed by atoms with Gasteiger partial charge in [0.1, 0.15) is 5.75 Å². The Labute approximate surface area is 137 Å². The summed E-state index contributed by atoms with van der Waals surface area (Å²) in [6.07, 6.45) is 0.143. The molecular formula is C16H15N3O5. The molecule has 2 amide bonds. The number of non-ortho nitro benzene ring substituents is 1. The number of carbonyl (C=O) groups excluding carboxylic acids is 2. The van der Waals surface area contributed by atoms with Gasteiger partial charge in [-0.15, -0.1) is 0 Å². The first-order valence-electron chi connectivity index (χ1n) is 7.03. The maximum absolute atomic E-state index is 11.7. The molecule has 24 heavy (non-hydrogen) atoms. The highest BCUT2D eigenvalue weighted by Crippen LogP contribution is 2.16. The van der Waals surface area contributed by atoms with Gasteiger partial charge in [-0.1, -0.05) is 30.3 Å². The molecule has 0 bridgehead atoms. The van der Waals surface area contributed by atoms with Gasteiger partial charge in [-0.2, -0.15) is 0 Å². The van der Waals surface area contributed by atoms with Crippen LogP contribution in [-0.4, -0.2) is 23.3 Å². The molecular weight excluding hydrogens is 314 g/mol. The van der Waals surface area contributed by atoms with Crippen LogP contribution >= 0.6 is 0 Å². The zero-order valence-electron chi connectivity index (χ0n) is 12.6. The third-order valence-corrected chi connectivity index (χ3v) is 2.97. The normalized spacial score (nSPS) is 9.83. The van der Waals surface area contributed by atoms with Gasteiger partial charge in [-0.3, -0.25) is 30.6 Å². The lowest BCUT2D eigenvalue weighted by atomic mass is 10.1. The number of benzene rings is 2. The molecule has 0 aliphatic carbocycles. The minimum Gasteiger partial charge on any atom is -0.484 e. The molecule has 0 radical (unpaired) electrons. The summed E-state index contributed by atoms with van der Waals surface area (Å²) in [4.78, 5) is 33.2. The van der Waals surface area contributed by atoms with E-state index in [1.807, 2.05) is 18.2 Å². The van der Waals surface area contributed by atoms with Crippen molar-refractivity contribution in [1.82, 2.24) is 10.9 Å². The Balaban J connectivity index is 1.71. The fraction of sp³-hybridized carbons (Fsp3) is 0.125. The van der Waals surface area contributed by atoms with Crippen LogP contribution in [0.4, 0.5) is 5.69 Å². The summed E-state index contributed by atoms with van der Waals surface area (Å²) in [7, 11) is 0. The van der Waals surface area contributed by atoms with Gasteiger partial charge in [0.05, 0.1) is 11.3 Å². The van der Waals surface area contributed by atoms with Gasteiger partial charge in [0.15, 0.2) is 6.61 Å². The lowest BCUT2D eigenvalue weighted by Gasteiger charge is -2.08. The summed E-state index contributed by atoms with van der Waals surface area (Å²) < 4.78 is 5.17. The van der Waals surface area contributed by atoms with Gasteiger partial charge < -0.3 is 4.74 Å². The van der Waals surface area contributed by atoms with E-state index >= 15 is 0 Å². The number of amides is 2. The molecule has 2 rings (SSSR count). The number of carbonyl (C=O) groups is 2. The van der Waals surface area contributed by atoms with Crippen molar-refractivity contribution in [3.05, 3.63) is 70.3 Å². The van der Waals surface area contributed by atoms with Crippen molar-refractivity contribution < 1.29 is 19.2 Å². The summed E-state index contributed by atoms with van der Waals surface area (Å²) in [6.45, 7) is -0.330. The van der Waals surface area contributed by atoms with E-state index < -0.39 is 10.8 Å². The smallest absolute Gasteiger partial charge is 0.276 e. The quantitative estimate of drug-likeness (QED) is 0.614. The van der Waals surface area contributed by atoms with Gasteiger partial charge in [0.25, 0.3) is 11.6 Å². The fourth-order valence-corrected chi connectivity index (χ4v) is 1.81. The first-order valence-corrected chi connectivity index (χ1v) is 7.03. The molecule has 8 heteroatoms. The first kappa shape index (κ1) is 16.9. The maximum Gasteiger partial charge on any atom is 0.276 e. The predicted molar refractivity (Wildman–Crippen MR) is 85.0 cm³/mol. The number of rotatable bonds is 6. The Kier molecular flexibility index (Phi) is 5.84. The van der Waals surface area contributed by atoms with Crippen LogP contribution in [0.3, 0.4) is 0 Å². The van der Waals surface area contributed by atoms with E-state index in [0.717, 1.165) is 5.56 Å². The van der Waals surface area contributed by atoms with Crippen LogP contribution in [0, 0.1) is 10.1 Å². The summed E-state index contributed by atoms with van der Waals surface area (Å²) in [5.41, 5.74) is 5.27. The van der Waals surface area contributed by atoms with Crippen molar-refractivity contribution in [3.8, 4) is 5.75 Å². The van der Waals surface area contributed by atoms with Gasteiger partial charge in [0.2, 0.25) is 5.91 Å². The van der Waals surface area contributed by atoms with Crippen molar-refractivity contribution in [2.75, 3.05) is 6.61 Å². The van der Waals surface area contributed by atoms with Gasteiger partial charge >= 0.3 is 0 Å². The van der Waals surface area contributed by atoms with Crippen LogP contribution in [0.5, 0.6) is 5.75 Å². The van der Waals surface area contributed by atoms with Gasteiger partial charge in [0, 0.05) is 12.1 Å². The van der Waals surface area contributed by atoms with Crippen LogP contribution < -0.4 is 15.6 Å². The average Bonchev–Trinajstić information content (AvgIpc) is 2.59. The zero-order chi connectivity index (χ0) is 17.4. The van der Waals surface area contributed by atoms with Crippen LogP contribution in [0.25, 0.3) is 0 Å². The van der Waals surface area contributed by atoms with E-state index in [1.165, 1.54) is 24.3 Å². The third kappa shape index (κ3) is 5.41. The molecule has 0 aliphatic heterocycles. The lowest BCUT2D eigenvalue weighted by molar-refractivity contribution is -0.384. The molecule has 0 saturated heterocycles. The summed E-state index contributed by atoms with van der Waals surface area (Å²) in [5, 5.41) is 10.5. The Morgan fingerprint density at radius 2 is 1.58 bits per heavy atom. The van der Waals surface area contributed by atoms with Crippen LogP contribution in [-0.2, 0) is 16.0 Å². The van der Waals surface area contributed by atoms with E-state index in [1.54, 1.807) is 12.1 Å². The number of nitro benzene ring substituents is 1. The molecule has 0 unspecified atom stereocenters. The molecule has 0 fully saturated rings. The van der Waals surface area contributed by atoms with E-state index in [-0.39, 0.29) is 24.6 Å². The Bertz CT molecular complexity index is 716. The highest BCUT2D eigenvalue weighted by atomic mass is 16.6. The lowest BCUT2D eigenvalue weighted by Crippen LogP contribution is -2.44. The summed E-state index contributed by atoms with van der Waals surface area (Å²) in [5.74, 6) is -0.592. The van der Waals surface area contributed by atoms with E-state index in [2.05, 4.69) is 10.9 Å². The Morgan fingerprint density at radius 3 is 2.21 bits per heavy atom. The fourth-order valence-electron chi connectivity index (χ4n) is 1.81. The van der Waals surface area contributed by atoms with E-state index in [0.29, 0.717) is 5.75 Å². The minimum atomic E-state index is -0.547. The number of nitrogens with one attached hydrogen (secondary N) is 2. The topological polar surface area (TPSA) is 111 Å². The summed E-state index contributed by atoms with van der Waals surface area (Å²) >= 11 is 0. The number of hydrazine groups is 1. The van der Waals surface area contributed by atoms with Crippen LogP contribution in [0.1, 0.15) is 5.56 Å². The zero-order valence-corrected chi connectivity index (χ0v) is 12.6. The number of ether oxygens (including phenoxy) is 1. The second-order valence-corrected chi connectivity index (χ2v) is 4.80. The molecule has 0 aliphatic rings. The average molecular weight is 329 g/mol. The highest BCUT2D eigenvalue weighted by molar-refractivity contribution is 5.83. The molecule has 0 aromatic heterocycles. The standard InChI is InChI=1S/C16H15N3O5/c20-15(10-12-4-2-1-3-5-12)17-18-16(21)11-24-14-8-6-13(7-9-14)19(22)23/h1-9H,10-11H2,(H,17,20)(H,18,21). The molecule has 0 saturated carbocycles. The first-order chi connectivity index (χ1) is 11.5. The predicted octanol–water partition coefficient (Wildman–Crippen LogP) is 1.36. The number of nitrogens with zero attached hydrogens (tertiary/aromatic N) is 1. The van der Waals surface area contributed by atoms with Crippen LogP contribution in [0.15, 0.2) is 54.6 Å². The van der Waals surface area contributed by atoms with Crippen molar-refractivity contribution in [3.63, 3.8) is 0 Å². The number of hydrogen-bond donors (Lipinski definition) is 2. The molecule has 0 spiro atoms. The van der Waals surface area contributed by atoms with Crippen LogP contribution in [0.2, 0.25) is 0 Å². The second-order valence-electron chi connectivity index (χ2n) is 4.80. The maximum atomic E-state index is 11.7. The van der Waals surface area contributed by atoms with Crippen molar-refractivity contribution >= 4 is 17.5 Å². The van der Waals surface area contributed by atoms with E-state index in [9.17, 15) is 19.7 Å². The largest absolute Gasteiger partial charge is 0.484 e. The molecule has 2 N–H and O–H groups in total. The van der Waals surface area contributed by atoms with Crippen molar-refractivity contribution in [1.29, 1.82) is 0 Å². The minimum absolute atomic E-state index is 0.0695. The monoisotopic (exact) mass is 329 g/mol. The number of nitro groups is 1. The van der Waals surface area contributed by atoms with Crippen molar-refractivity contribution in [2.45, 2.75) is 6.42 Å². The molecule has 8 nitrogen and oxygen atoms in total.